The van der Waals surface area contributed by atoms with Gasteiger partial charge in [-0.05, 0) is 41.0 Å². The fourth-order valence-electron chi connectivity index (χ4n) is 1.64. The lowest BCUT2D eigenvalue weighted by atomic mass is 10.1. The monoisotopic (exact) mass is 276 g/mol. The van der Waals surface area contributed by atoms with Crippen molar-refractivity contribution in [3.8, 4) is 5.75 Å². The fourth-order valence-corrected chi connectivity index (χ4v) is 1.90. The van der Waals surface area contributed by atoms with Gasteiger partial charge in [-0.3, -0.25) is 0 Å². The zero-order chi connectivity index (χ0) is 11.4. The van der Waals surface area contributed by atoms with E-state index in [0.29, 0.717) is 5.75 Å². The van der Waals surface area contributed by atoms with Gasteiger partial charge in [0.1, 0.15) is 5.75 Å². The van der Waals surface area contributed by atoms with E-state index in [9.17, 15) is 5.11 Å². The first kappa shape index (κ1) is 11.2. The highest BCUT2D eigenvalue weighted by molar-refractivity contribution is 9.09. The number of phenols is 1. The average Bonchev–Trinajstić information content (AvgIpc) is 2.29. The highest BCUT2D eigenvalue weighted by atomic mass is 79.9. The van der Waals surface area contributed by atoms with E-state index in [1.807, 2.05) is 12.1 Å². The predicted octanol–water partition coefficient (Wildman–Crippen LogP) is 4.34. The Balaban J connectivity index is 2.33. The summed E-state index contributed by atoms with van der Waals surface area (Å²) in [6.45, 7) is 0. The molecule has 2 aromatic carbocycles. The molecule has 0 radical (unpaired) electrons. The molecule has 2 aromatic rings. The van der Waals surface area contributed by atoms with Gasteiger partial charge in [-0.25, -0.2) is 0 Å². The van der Waals surface area contributed by atoms with Crippen LogP contribution in [0, 0.1) is 0 Å². The first-order valence-electron chi connectivity index (χ1n) is 5.25. The third-order valence-corrected chi connectivity index (χ3v) is 2.89. The maximum Gasteiger partial charge on any atom is 0.116 e. The highest BCUT2D eigenvalue weighted by Crippen LogP contribution is 2.21. The molecule has 1 N–H and O–H groups in total. The lowest BCUT2D eigenvalue weighted by Crippen LogP contribution is -1.76. The number of alkyl halides is 1. The van der Waals surface area contributed by atoms with Crippen molar-refractivity contribution in [1.82, 2.24) is 0 Å². The molecule has 0 aromatic heterocycles. The molecule has 0 saturated carbocycles. The maximum atomic E-state index is 9.35. The number of aromatic hydroxyl groups is 1. The topological polar surface area (TPSA) is 20.2 Å². The van der Waals surface area contributed by atoms with Crippen molar-refractivity contribution in [2.75, 3.05) is 5.33 Å². The van der Waals surface area contributed by atoms with Crippen LogP contribution in [0.5, 0.6) is 5.75 Å². The van der Waals surface area contributed by atoms with E-state index in [0.717, 1.165) is 22.5 Å². The zero-order valence-electron chi connectivity index (χ0n) is 8.86. The summed E-state index contributed by atoms with van der Waals surface area (Å²) in [4.78, 5) is 0. The third kappa shape index (κ3) is 2.64. The standard InChI is InChI=1S/C14H13BrO/c15-8-2-1-3-11-4-5-13-10-14(16)7-6-12(13)9-11/h1,3-7,9-10,16H,2,8H2. The Labute approximate surface area is 104 Å². The van der Waals surface area contributed by atoms with Gasteiger partial charge in [0, 0.05) is 5.33 Å². The molecular weight excluding hydrogens is 264 g/mol. The number of benzene rings is 2. The van der Waals surface area contributed by atoms with E-state index in [2.05, 4.69) is 40.2 Å². The van der Waals surface area contributed by atoms with E-state index in [1.54, 1.807) is 12.1 Å². The van der Waals surface area contributed by atoms with Crippen LogP contribution >= 0.6 is 15.9 Å². The molecule has 0 spiro atoms. The molecule has 0 amide bonds. The summed E-state index contributed by atoms with van der Waals surface area (Å²) in [6.07, 6.45) is 5.30. The molecule has 1 nitrogen and oxygen atoms in total. The Kier molecular flexibility index (Phi) is 3.62. The molecule has 82 valence electrons. The van der Waals surface area contributed by atoms with Gasteiger partial charge in [0.25, 0.3) is 0 Å². The average molecular weight is 277 g/mol. The van der Waals surface area contributed by atoms with Crippen molar-refractivity contribution in [3.63, 3.8) is 0 Å². The Hall–Kier alpha value is -1.28. The SMILES string of the molecule is Oc1ccc2cc(C=CCCBr)ccc2c1. The summed E-state index contributed by atoms with van der Waals surface area (Å²) in [5.41, 5.74) is 1.19. The van der Waals surface area contributed by atoms with E-state index < -0.39 is 0 Å². The van der Waals surface area contributed by atoms with Crippen LogP contribution in [0.4, 0.5) is 0 Å². The number of halogens is 1. The summed E-state index contributed by atoms with van der Waals surface area (Å²) < 4.78 is 0. The first-order valence-corrected chi connectivity index (χ1v) is 6.37. The highest BCUT2D eigenvalue weighted by Gasteiger charge is 1.95. The predicted molar refractivity (Wildman–Crippen MR) is 73.1 cm³/mol. The van der Waals surface area contributed by atoms with Gasteiger partial charge in [0.05, 0.1) is 0 Å². The van der Waals surface area contributed by atoms with Gasteiger partial charge in [-0.15, -0.1) is 0 Å². The van der Waals surface area contributed by atoms with E-state index >= 15 is 0 Å². The summed E-state index contributed by atoms with van der Waals surface area (Å²) >= 11 is 3.39. The third-order valence-electron chi connectivity index (χ3n) is 2.43. The van der Waals surface area contributed by atoms with Crippen LogP contribution < -0.4 is 0 Å². The Morgan fingerprint density at radius 2 is 1.81 bits per heavy atom. The lowest BCUT2D eigenvalue weighted by molar-refractivity contribution is 0.476. The molecule has 0 heterocycles. The quantitative estimate of drug-likeness (QED) is 0.827. The fraction of sp³-hybridized carbons (Fsp3) is 0.143. The second-order valence-electron chi connectivity index (χ2n) is 3.67. The first-order chi connectivity index (χ1) is 7.79. The number of hydrogen-bond donors (Lipinski definition) is 1. The molecule has 2 heteroatoms. The van der Waals surface area contributed by atoms with Crippen molar-refractivity contribution in [1.29, 1.82) is 0 Å². The largest absolute Gasteiger partial charge is 0.508 e. The Bertz CT molecular complexity index is 517. The summed E-state index contributed by atoms with van der Waals surface area (Å²) in [7, 11) is 0. The minimum absolute atomic E-state index is 0.315. The van der Waals surface area contributed by atoms with Gasteiger partial charge >= 0.3 is 0 Å². The molecule has 16 heavy (non-hydrogen) atoms. The van der Waals surface area contributed by atoms with Crippen LogP contribution in [0.3, 0.4) is 0 Å². The molecular formula is C14H13BrO. The minimum Gasteiger partial charge on any atom is -0.508 e. The second-order valence-corrected chi connectivity index (χ2v) is 4.46. The van der Waals surface area contributed by atoms with Crippen LogP contribution in [-0.2, 0) is 0 Å². The van der Waals surface area contributed by atoms with Crippen molar-refractivity contribution in [2.45, 2.75) is 6.42 Å². The molecule has 0 atom stereocenters. The molecule has 2 rings (SSSR count). The van der Waals surface area contributed by atoms with Crippen LogP contribution in [0.25, 0.3) is 16.8 Å². The van der Waals surface area contributed by atoms with Crippen LogP contribution in [0.15, 0.2) is 42.5 Å². The summed E-state index contributed by atoms with van der Waals surface area (Å²) in [6, 6.07) is 11.6. The Morgan fingerprint density at radius 3 is 2.62 bits per heavy atom. The van der Waals surface area contributed by atoms with Crippen molar-refractivity contribution in [2.24, 2.45) is 0 Å². The number of rotatable bonds is 3. The summed E-state index contributed by atoms with van der Waals surface area (Å²) in [5, 5.41) is 12.6. The van der Waals surface area contributed by atoms with Gasteiger partial charge in [-0.1, -0.05) is 46.3 Å². The number of phenolic OH excluding ortho intramolecular Hbond substituents is 1. The Morgan fingerprint density at radius 1 is 1.06 bits per heavy atom. The zero-order valence-corrected chi connectivity index (χ0v) is 10.4. The molecule has 0 aliphatic heterocycles. The smallest absolute Gasteiger partial charge is 0.116 e. The molecule has 0 bridgehead atoms. The van der Waals surface area contributed by atoms with Crippen molar-refractivity contribution >= 4 is 32.8 Å². The van der Waals surface area contributed by atoms with Crippen LogP contribution in [0.2, 0.25) is 0 Å². The molecule has 0 aliphatic carbocycles. The van der Waals surface area contributed by atoms with Gasteiger partial charge in [0.15, 0.2) is 0 Å². The summed E-state index contributed by atoms with van der Waals surface area (Å²) in [5.74, 6) is 0.315. The van der Waals surface area contributed by atoms with E-state index in [1.165, 1.54) is 5.56 Å². The van der Waals surface area contributed by atoms with E-state index in [-0.39, 0.29) is 0 Å². The maximum absolute atomic E-state index is 9.35. The number of fused-ring (bicyclic) bond motifs is 1. The lowest BCUT2D eigenvalue weighted by Gasteiger charge is -2.00. The van der Waals surface area contributed by atoms with Crippen LogP contribution in [-0.4, -0.2) is 10.4 Å². The van der Waals surface area contributed by atoms with Gasteiger partial charge in [-0.2, -0.15) is 0 Å². The van der Waals surface area contributed by atoms with Gasteiger partial charge in [0.2, 0.25) is 0 Å². The van der Waals surface area contributed by atoms with E-state index in [4.69, 9.17) is 0 Å². The minimum atomic E-state index is 0.315. The van der Waals surface area contributed by atoms with Crippen molar-refractivity contribution < 1.29 is 5.11 Å². The van der Waals surface area contributed by atoms with Gasteiger partial charge < -0.3 is 5.11 Å². The number of hydrogen-bond acceptors (Lipinski definition) is 1. The number of allylic oxidation sites excluding steroid dienone is 1. The second kappa shape index (κ2) is 5.17. The van der Waals surface area contributed by atoms with Crippen molar-refractivity contribution in [3.05, 3.63) is 48.0 Å². The van der Waals surface area contributed by atoms with Crippen LogP contribution in [0.1, 0.15) is 12.0 Å². The molecule has 0 unspecified atom stereocenters. The molecule has 0 aliphatic rings. The molecule has 0 saturated heterocycles. The molecule has 0 fully saturated rings. The normalized spacial score (nSPS) is 11.3.